The van der Waals surface area contributed by atoms with E-state index in [0.29, 0.717) is 5.92 Å². The van der Waals surface area contributed by atoms with Gasteiger partial charge in [-0.15, -0.1) is 0 Å². The summed E-state index contributed by atoms with van der Waals surface area (Å²) in [5.41, 5.74) is 8.26. The molecule has 0 fully saturated rings. The largest absolute Gasteiger partial charge is 0.398 e. The van der Waals surface area contributed by atoms with Crippen LogP contribution < -0.4 is 5.73 Å². The van der Waals surface area contributed by atoms with Crippen molar-refractivity contribution in [3.63, 3.8) is 0 Å². The zero-order valence-corrected chi connectivity index (χ0v) is 9.68. The van der Waals surface area contributed by atoms with Crippen molar-refractivity contribution >= 4 is 11.8 Å². The van der Waals surface area contributed by atoms with Crippen LogP contribution in [0, 0.1) is 5.92 Å². The van der Waals surface area contributed by atoms with Gasteiger partial charge in [-0.1, -0.05) is 42.6 Å². The standard InChI is InChI=1S/C13H15NS/c1-3-6-9-10-7-5-8-11(14)13(10)15-12(9)4-2/h3-6,8,10H,2,7,14H2,1H3/b6-3-. The second-order valence-corrected chi connectivity index (χ2v) is 4.72. The molecular formula is C13H15NS. The van der Waals surface area contributed by atoms with Crippen molar-refractivity contribution in [1.29, 1.82) is 0 Å². The quantitative estimate of drug-likeness (QED) is 0.766. The summed E-state index contributed by atoms with van der Waals surface area (Å²) in [5.74, 6) is 0.462. The van der Waals surface area contributed by atoms with Gasteiger partial charge >= 0.3 is 0 Å². The number of fused-ring (bicyclic) bond motifs is 1. The molecule has 0 aromatic heterocycles. The number of thioether (sulfide) groups is 1. The van der Waals surface area contributed by atoms with Crippen molar-refractivity contribution in [2.45, 2.75) is 13.3 Å². The maximum Gasteiger partial charge on any atom is 0.0417 e. The Kier molecular flexibility index (Phi) is 2.87. The summed E-state index contributed by atoms with van der Waals surface area (Å²) in [7, 11) is 0. The highest BCUT2D eigenvalue weighted by Gasteiger charge is 2.30. The molecule has 0 saturated heterocycles. The van der Waals surface area contributed by atoms with Crippen molar-refractivity contribution in [2.24, 2.45) is 11.7 Å². The molecular weight excluding hydrogens is 202 g/mol. The smallest absolute Gasteiger partial charge is 0.0417 e. The average Bonchev–Trinajstić information content (AvgIpc) is 2.59. The van der Waals surface area contributed by atoms with Crippen molar-refractivity contribution in [1.82, 2.24) is 0 Å². The zero-order valence-electron chi connectivity index (χ0n) is 8.86. The fraction of sp³-hybridized carbons (Fsp3) is 0.231. The molecule has 1 aliphatic carbocycles. The molecule has 0 aromatic carbocycles. The molecule has 0 aromatic rings. The van der Waals surface area contributed by atoms with E-state index in [0.717, 1.165) is 12.1 Å². The van der Waals surface area contributed by atoms with E-state index < -0.39 is 0 Å². The summed E-state index contributed by atoms with van der Waals surface area (Å²) in [6.45, 7) is 5.91. The SMILES string of the molecule is C=CC1=C(/C=C\C)C2CC=CC(N)=C2S1. The molecule has 1 nitrogen and oxygen atoms in total. The highest BCUT2D eigenvalue weighted by molar-refractivity contribution is 8.07. The Balaban J connectivity index is 2.44. The Morgan fingerprint density at radius 1 is 1.60 bits per heavy atom. The summed E-state index contributed by atoms with van der Waals surface area (Å²) < 4.78 is 0. The Labute approximate surface area is 95.1 Å². The van der Waals surface area contributed by atoms with E-state index >= 15 is 0 Å². The van der Waals surface area contributed by atoms with Crippen LogP contribution in [0.4, 0.5) is 0 Å². The zero-order chi connectivity index (χ0) is 10.8. The van der Waals surface area contributed by atoms with E-state index in [1.807, 2.05) is 19.1 Å². The second-order valence-electron chi connectivity index (χ2n) is 3.64. The number of rotatable bonds is 2. The fourth-order valence-corrected chi connectivity index (χ4v) is 3.21. The van der Waals surface area contributed by atoms with Crippen molar-refractivity contribution < 1.29 is 0 Å². The lowest BCUT2D eigenvalue weighted by Crippen LogP contribution is -2.09. The third kappa shape index (κ3) is 1.70. The molecule has 0 bridgehead atoms. The summed E-state index contributed by atoms with van der Waals surface area (Å²) in [4.78, 5) is 2.54. The van der Waals surface area contributed by atoms with Crippen molar-refractivity contribution in [2.75, 3.05) is 0 Å². The van der Waals surface area contributed by atoms with E-state index in [4.69, 9.17) is 5.73 Å². The third-order valence-electron chi connectivity index (χ3n) is 2.68. The van der Waals surface area contributed by atoms with Crippen LogP contribution in [0.5, 0.6) is 0 Å². The maximum absolute atomic E-state index is 5.98. The molecule has 0 amide bonds. The molecule has 1 atom stereocenters. The number of allylic oxidation sites excluding steroid dienone is 7. The molecule has 15 heavy (non-hydrogen) atoms. The molecule has 1 heterocycles. The highest BCUT2D eigenvalue weighted by atomic mass is 32.2. The van der Waals surface area contributed by atoms with Gasteiger partial charge in [0.15, 0.2) is 0 Å². The van der Waals surface area contributed by atoms with Gasteiger partial charge in [0.05, 0.1) is 0 Å². The Hall–Kier alpha value is -1.15. The van der Waals surface area contributed by atoms with Gasteiger partial charge in [0, 0.05) is 21.4 Å². The first-order valence-electron chi connectivity index (χ1n) is 5.11. The van der Waals surface area contributed by atoms with E-state index in [1.165, 1.54) is 15.4 Å². The molecule has 0 saturated carbocycles. The molecule has 1 aliphatic heterocycles. The van der Waals surface area contributed by atoms with Gasteiger partial charge in [-0.3, -0.25) is 0 Å². The Bertz CT molecular complexity index is 410. The first-order chi connectivity index (χ1) is 7.27. The first-order valence-corrected chi connectivity index (χ1v) is 5.93. The molecule has 0 spiro atoms. The summed E-state index contributed by atoms with van der Waals surface area (Å²) in [5, 5.41) is 0. The molecule has 0 radical (unpaired) electrons. The topological polar surface area (TPSA) is 26.0 Å². The molecule has 2 heteroatoms. The maximum atomic E-state index is 5.98. The Morgan fingerprint density at radius 2 is 2.40 bits per heavy atom. The van der Waals surface area contributed by atoms with Crippen molar-refractivity contribution in [3.8, 4) is 0 Å². The predicted octanol–water partition coefficient (Wildman–Crippen LogP) is 3.50. The normalized spacial score (nSPS) is 25.3. The monoisotopic (exact) mass is 217 g/mol. The van der Waals surface area contributed by atoms with Gasteiger partial charge < -0.3 is 5.73 Å². The van der Waals surface area contributed by atoms with Crippen LogP contribution in [0.2, 0.25) is 0 Å². The van der Waals surface area contributed by atoms with Crippen LogP contribution in [-0.4, -0.2) is 0 Å². The van der Waals surface area contributed by atoms with Gasteiger partial charge in [-0.2, -0.15) is 0 Å². The minimum absolute atomic E-state index is 0.462. The van der Waals surface area contributed by atoms with Gasteiger partial charge in [-0.05, 0) is 25.0 Å². The average molecular weight is 217 g/mol. The van der Waals surface area contributed by atoms with E-state index in [9.17, 15) is 0 Å². The van der Waals surface area contributed by atoms with Crippen LogP contribution in [-0.2, 0) is 0 Å². The van der Waals surface area contributed by atoms with E-state index in [1.54, 1.807) is 11.8 Å². The van der Waals surface area contributed by atoms with Crippen LogP contribution in [0.1, 0.15) is 13.3 Å². The predicted molar refractivity (Wildman–Crippen MR) is 68.1 cm³/mol. The van der Waals surface area contributed by atoms with Crippen LogP contribution in [0.3, 0.4) is 0 Å². The molecule has 78 valence electrons. The Morgan fingerprint density at radius 3 is 3.07 bits per heavy atom. The number of nitrogens with two attached hydrogens (primary N) is 1. The van der Waals surface area contributed by atoms with Crippen molar-refractivity contribution in [3.05, 3.63) is 58.0 Å². The number of hydrogen-bond acceptors (Lipinski definition) is 2. The molecule has 2 N–H and O–H groups in total. The summed E-state index contributed by atoms with van der Waals surface area (Å²) in [6.07, 6.45) is 11.4. The highest BCUT2D eigenvalue weighted by Crippen LogP contribution is 2.50. The summed E-state index contributed by atoms with van der Waals surface area (Å²) >= 11 is 1.76. The summed E-state index contributed by atoms with van der Waals surface area (Å²) in [6, 6.07) is 0. The lowest BCUT2D eigenvalue weighted by atomic mass is 9.90. The fourth-order valence-electron chi connectivity index (χ4n) is 2.01. The molecule has 2 rings (SSSR count). The third-order valence-corrected chi connectivity index (χ3v) is 4.04. The van der Waals surface area contributed by atoms with Crippen LogP contribution in [0.25, 0.3) is 0 Å². The minimum Gasteiger partial charge on any atom is -0.398 e. The minimum atomic E-state index is 0.462. The van der Waals surface area contributed by atoms with Crippen LogP contribution in [0.15, 0.2) is 58.0 Å². The number of hydrogen-bond donors (Lipinski definition) is 1. The molecule has 1 unspecified atom stereocenters. The van der Waals surface area contributed by atoms with Crippen LogP contribution >= 0.6 is 11.8 Å². The van der Waals surface area contributed by atoms with E-state index in [-0.39, 0.29) is 0 Å². The van der Waals surface area contributed by atoms with Gasteiger partial charge in [0.1, 0.15) is 0 Å². The lowest BCUT2D eigenvalue weighted by Gasteiger charge is -2.17. The molecule has 2 aliphatic rings. The van der Waals surface area contributed by atoms with Gasteiger partial charge in [-0.25, -0.2) is 0 Å². The van der Waals surface area contributed by atoms with Gasteiger partial charge in [0.25, 0.3) is 0 Å². The second kappa shape index (κ2) is 4.15. The van der Waals surface area contributed by atoms with Gasteiger partial charge in [0.2, 0.25) is 0 Å². The first kappa shape index (κ1) is 10.4. The van der Waals surface area contributed by atoms with E-state index in [2.05, 4.69) is 24.8 Å². The lowest BCUT2D eigenvalue weighted by molar-refractivity contribution is 0.770.